The maximum absolute atomic E-state index is 5.66. The van der Waals surface area contributed by atoms with Crippen LogP contribution in [0.25, 0.3) is 0 Å². The predicted molar refractivity (Wildman–Crippen MR) is 75.4 cm³/mol. The molecule has 0 atom stereocenters. The highest BCUT2D eigenvalue weighted by atomic mass is 16.5. The van der Waals surface area contributed by atoms with Crippen LogP contribution < -0.4 is 10.1 Å². The van der Waals surface area contributed by atoms with E-state index >= 15 is 0 Å². The third kappa shape index (κ3) is 6.03. The first kappa shape index (κ1) is 15.0. The van der Waals surface area contributed by atoms with Crippen molar-refractivity contribution in [2.24, 2.45) is 0 Å². The zero-order chi connectivity index (χ0) is 13.2. The van der Waals surface area contributed by atoms with E-state index in [2.05, 4.69) is 38.2 Å². The normalized spacial score (nSPS) is 10.9. The molecule has 0 radical (unpaired) electrons. The summed E-state index contributed by atoms with van der Waals surface area (Å²) >= 11 is 0. The maximum Gasteiger partial charge on any atom is 0.119 e. The van der Waals surface area contributed by atoms with Crippen molar-refractivity contribution in [2.45, 2.75) is 26.7 Å². The molecule has 0 aliphatic heterocycles. The van der Waals surface area contributed by atoms with E-state index in [-0.39, 0.29) is 0 Å². The molecule has 0 heterocycles. The van der Waals surface area contributed by atoms with Crippen LogP contribution in [0.1, 0.15) is 32.3 Å². The van der Waals surface area contributed by atoms with Crippen LogP contribution in [0.5, 0.6) is 5.75 Å². The number of nitrogens with one attached hydrogen (secondary N) is 1. The smallest absolute Gasteiger partial charge is 0.119 e. The fourth-order valence-electron chi connectivity index (χ4n) is 1.61. The van der Waals surface area contributed by atoms with Gasteiger partial charge in [0.2, 0.25) is 0 Å². The second-order valence-electron chi connectivity index (χ2n) is 4.54. The van der Waals surface area contributed by atoms with Crippen molar-refractivity contribution in [3.63, 3.8) is 0 Å². The molecule has 0 saturated carbocycles. The molecule has 0 bridgehead atoms. The van der Waals surface area contributed by atoms with Gasteiger partial charge in [0.15, 0.2) is 0 Å². The molecular weight excluding hydrogens is 226 g/mol. The van der Waals surface area contributed by atoms with E-state index in [0.29, 0.717) is 19.1 Å². The molecule has 3 heteroatoms. The van der Waals surface area contributed by atoms with Gasteiger partial charge in [0.25, 0.3) is 0 Å². The SMILES string of the molecule is CCNCCOCCOc1cccc(C(C)C)c1. The maximum atomic E-state index is 5.66. The van der Waals surface area contributed by atoms with E-state index in [1.54, 1.807) is 0 Å². The Balaban J connectivity index is 2.17. The lowest BCUT2D eigenvalue weighted by molar-refractivity contribution is 0.102. The van der Waals surface area contributed by atoms with E-state index in [9.17, 15) is 0 Å². The Morgan fingerprint density at radius 3 is 2.72 bits per heavy atom. The molecule has 0 fully saturated rings. The van der Waals surface area contributed by atoms with Gasteiger partial charge in [-0.1, -0.05) is 32.9 Å². The zero-order valence-corrected chi connectivity index (χ0v) is 11.7. The van der Waals surface area contributed by atoms with Gasteiger partial charge in [-0.3, -0.25) is 0 Å². The van der Waals surface area contributed by atoms with Crippen molar-refractivity contribution in [2.75, 3.05) is 32.9 Å². The van der Waals surface area contributed by atoms with Gasteiger partial charge in [0.1, 0.15) is 12.4 Å². The highest BCUT2D eigenvalue weighted by molar-refractivity contribution is 5.30. The van der Waals surface area contributed by atoms with Gasteiger partial charge in [-0.25, -0.2) is 0 Å². The minimum atomic E-state index is 0.532. The van der Waals surface area contributed by atoms with E-state index in [4.69, 9.17) is 9.47 Å². The highest BCUT2D eigenvalue weighted by Crippen LogP contribution is 2.19. The summed E-state index contributed by atoms with van der Waals surface area (Å²) < 4.78 is 11.1. The third-order valence-corrected chi connectivity index (χ3v) is 2.69. The molecule has 3 nitrogen and oxygen atoms in total. The molecule has 0 aliphatic carbocycles. The summed E-state index contributed by atoms with van der Waals surface area (Å²) in [5.41, 5.74) is 1.31. The van der Waals surface area contributed by atoms with Crippen molar-refractivity contribution >= 4 is 0 Å². The Morgan fingerprint density at radius 1 is 1.17 bits per heavy atom. The molecule has 0 amide bonds. The lowest BCUT2D eigenvalue weighted by Crippen LogP contribution is -2.20. The second kappa shape index (κ2) is 8.95. The molecule has 0 spiro atoms. The summed E-state index contributed by atoms with van der Waals surface area (Å²) in [4.78, 5) is 0. The zero-order valence-electron chi connectivity index (χ0n) is 11.7. The van der Waals surface area contributed by atoms with Crippen LogP contribution in [0, 0.1) is 0 Å². The van der Waals surface area contributed by atoms with E-state index < -0.39 is 0 Å². The molecular formula is C15H25NO2. The Hall–Kier alpha value is -1.06. The quantitative estimate of drug-likeness (QED) is 0.685. The summed E-state index contributed by atoms with van der Waals surface area (Å²) in [6.07, 6.45) is 0. The fourth-order valence-corrected chi connectivity index (χ4v) is 1.61. The Morgan fingerprint density at radius 2 is 2.00 bits per heavy atom. The number of benzene rings is 1. The molecule has 1 rings (SSSR count). The van der Waals surface area contributed by atoms with E-state index in [1.807, 2.05) is 12.1 Å². The van der Waals surface area contributed by atoms with Crippen molar-refractivity contribution in [1.82, 2.24) is 5.32 Å². The summed E-state index contributed by atoms with van der Waals surface area (Å²) in [6, 6.07) is 8.26. The number of rotatable bonds is 9. The van der Waals surface area contributed by atoms with Crippen LogP contribution in [-0.2, 0) is 4.74 Å². The van der Waals surface area contributed by atoms with Gasteiger partial charge in [-0.2, -0.15) is 0 Å². The molecule has 0 saturated heterocycles. The van der Waals surface area contributed by atoms with Gasteiger partial charge in [-0.05, 0) is 30.2 Å². The molecule has 1 aromatic carbocycles. The average Bonchev–Trinajstić information content (AvgIpc) is 2.38. The standard InChI is InChI=1S/C15H25NO2/c1-4-16-8-9-17-10-11-18-15-7-5-6-14(12-15)13(2)3/h5-7,12-13,16H,4,8-11H2,1-3H3. The number of ether oxygens (including phenoxy) is 2. The monoisotopic (exact) mass is 251 g/mol. The Labute approximate surface area is 110 Å². The largest absolute Gasteiger partial charge is 0.491 e. The summed E-state index contributed by atoms with van der Waals surface area (Å²) in [6.45, 7) is 10.3. The van der Waals surface area contributed by atoms with Gasteiger partial charge in [-0.15, -0.1) is 0 Å². The van der Waals surface area contributed by atoms with E-state index in [0.717, 1.165) is 25.4 Å². The molecule has 1 aromatic rings. The third-order valence-electron chi connectivity index (χ3n) is 2.69. The minimum absolute atomic E-state index is 0.532. The topological polar surface area (TPSA) is 30.5 Å². The van der Waals surface area contributed by atoms with Gasteiger partial charge < -0.3 is 14.8 Å². The van der Waals surface area contributed by atoms with Crippen LogP contribution in [0.15, 0.2) is 24.3 Å². The predicted octanol–water partition coefficient (Wildman–Crippen LogP) is 2.81. The molecule has 0 unspecified atom stereocenters. The van der Waals surface area contributed by atoms with Gasteiger partial charge >= 0.3 is 0 Å². The minimum Gasteiger partial charge on any atom is -0.491 e. The van der Waals surface area contributed by atoms with Crippen molar-refractivity contribution < 1.29 is 9.47 Å². The lowest BCUT2D eigenvalue weighted by Gasteiger charge is -2.10. The fraction of sp³-hybridized carbons (Fsp3) is 0.600. The van der Waals surface area contributed by atoms with Crippen molar-refractivity contribution in [3.05, 3.63) is 29.8 Å². The summed E-state index contributed by atoms with van der Waals surface area (Å²) in [7, 11) is 0. The Bertz CT molecular complexity index is 326. The molecule has 18 heavy (non-hydrogen) atoms. The second-order valence-corrected chi connectivity index (χ2v) is 4.54. The number of hydrogen-bond donors (Lipinski definition) is 1. The molecule has 0 aromatic heterocycles. The van der Waals surface area contributed by atoms with Gasteiger partial charge in [0, 0.05) is 6.54 Å². The summed E-state index contributed by atoms with van der Waals surface area (Å²) in [5.74, 6) is 1.46. The van der Waals surface area contributed by atoms with Crippen LogP contribution in [0.3, 0.4) is 0 Å². The van der Waals surface area contributed by atoms with Crippen LogP contribution in [-0.4, -0.2) is 32.9 Å². The summed E-state index contributed by atoms with van der Waals surface area (Å²) in [5, 5.41) is 3.21. The first-order valence-corrected chi connectivity index (χ1v) is 6.75. The Kier molecular flexibility index (Phi) is 7.46. The highest BCUT2D eigenvalue weighted by Gasteiger charge is 2.00. The molecule has 102 valence electrons. The first-order chi connectivity index (χ1) is 8.74. The number of likely N-dealkylation sites (N-methyl/N-ethyl adjacent to an activating group) is 1. The molecule has 0 aliphatic rings. The van der Waals surface area contributed by atoms with Crippen molar-refractivity contribution in [1.29, 1.82) is 0 Å². The van der Waals surface area contributed by atoms with Crippen molar-refractivity contribution in [3.8, 4) is 5.75 Å². The lowest BCUT2D eigenvalue weighted by atomic mass is 10.0. The van der Waals surface area contributed by atoms with Crippen LogP contribution in [0.2, 0.25) is 0 Å². The van der Waals surface area contributed by atoms with Gasteiger partial charge in [0.05, 0.1) is 13.2 Å². The average molecular weight is 251 g/mol. The van der Waals surface area contributed by atoms with Crippen LogP contribution in [0.4, 0.5) is 0 Å². The van der Waals surface area contributed by atoms with Crippen LogP contribution >= 0.6 is 0 Å². The number of hydrogen-bond acceptors (Lipinski definition) is 3. The van der Waals surface area contributed by atoms with E-state index in [1.165, 1.54) is 5.56 Å². The first-order valence-electron chi connectivity index (χ1n) is 6.75. The molecule has 1 N–H and O–H groups in total.